The van der Waals surface area contributed by atoms with Crippen LogP contribution in [0.25, 0.3) is 0 Å². The Kier molecular flexibility index (Phi) is 3.59. The lowest BCUT2D eigenvalue weighted by Crippen LogP contribution is -2.62. The molecule has 1 aromatic carbocycles. The Morgan fingerprint density at radius 1 is 1.26 bits per heavy atom. The molecule has 104 valence electrons. The first-order valence-corrected chi connectivity index (χ1v) is 7.41. The molecule has 3 rings (SSSR count). The zero-order chi connectivity index (χ0) is 13.3. The van der Waals surface area contributed by atoms with Gasteiger partial charge in [-0.3, -0.25) is 4.90 Å². The predicted octanol–water partition coefficient (Wildman–Crippen LogP) is 2.93. The van der Waals surface area contributed by atoms with E-state index in [-0.39, 0.29) is 5.82 Å². The van der Waals surface area contributed by atoms with Crippen molar-refractivity contribution >= 4 is 0 Å². The smallest absolute Gasteiger partial charge is 0.123 e. The van der Waals surface area contributed by atoms with E-state index in [0.29, 0.717) is 11.6 Å². The summed E-state index contributed by atoms with van der Waals surface area (Å²) in [7, 11) is 0. The fourth-order valence-electron chi connectivity index (χ4n) is 3.63. The van der Waals surface area contributed by atoms with Gasteiger partial charge in [-0.15, -0.1) is 0 Å². The Hall–Kier alpha value is -0.930. The predicted molar refractivity (Wildman–Crippen MR) is 75.5 cm³/mol. The van der Waals surface area contributed by atoms with E-state index in [0.717, 1.165) is 19.6 Å². The van der Waals surface area contributed by atoms with Crippen molar-refractivity contribution in [2.24, 2.45) is 0 Å². The molecule has 0 bridgehead atoms. The molecule has 1 aromatic rings. The average molecular weight is 262 g/mol. The van der Waals surface area contributed by atoms with Gasteiger partial charge in [0.1, 0.15) is 5.82 Å². The highest BCUT2D eigenvalue weighted by Crippen LogP contribution is 2.37. The molecule has 19 heavy (non-hydrogen) atoms. The van der Waals surface area contributed by atoms with E-state index < -0.39 is 0 Å². The van der Waals surface area contributed by atoms with Crippen molar-refractivity contribution in [2.75, 3.05) is 13.1 Å². The Balaban J connectivity index is 1.77. The lowest BCUT2D eigenvalue weighted by atomic mass is 9.90. The number of piperazine rings is 1. The summed E-state index contributed by atoms with van der Waals surface area (Å²) in [5.74, 6) is -0.145. The molecule has 1 aliphatic heterocycles. The summed E-state index contributed by atoms with van der Waals surface area (Å²) >= 11 is 0. The molecule has 0 amide bonds. The number of benzene rings is 1. The van der Waals surface area contributed by atoms with Crippen LogP contribution in [0.5, 0.6) is 0 Å². The fourth-order valence-corrected chi connectivity index (χ4v) is 3.63. The van der Waals surface area contributed by atoms with Crippen LogP contribution in [0.2, 0.25) is 0 Å². The minimum atomic E-state index is -0.145. The molecule has 1 unspecified atom stereocenters. The molecule has 1 spiro atoms. The zero-order valence-corrected chi connectivity index (χ0v) is 11.7. The highest BCUT2D eigenvalue weighted by Gasteiger charge is 2.42. The van der Waals surface area contributed by atoms with Gasteiger partial charge in [0.05, 0.1) is 0 Å². The van der Waals surface area contributed by atoms with Gasteiger partial charge in [0, 0.05) is 31.2 Å². The fraction of sp³-hybridized carbons (Fsp3) is 0.625. The number of halogens is 1. The molecule has 2 aliphatic rings. The van der Waals surface area contributed by atoms with Crippen LogP contribution in [0.1, 0.15) is 38.2 Å². The Bertz CT molecular complexity index is 423. The number of rotatable bonds is 2. The summed E-state index contributed by atoms with van der Waals surface area (Å²) in [6.07, 6.45) is 5.29. The van der Waals surface area contributed by atoms with Crippen LogP contribution in [-0.2, 0) is 6.54 Å². The third-order valence-electron chi connectivity index (χ3n) is 4.77. The van der Waals surface area contributed by atoms with E-state index in [2.05, 4.69) is 17.1 Å². The molecule has 0 radical (unpaired) electrons. The van der Waals surface area contributed by atoms with Gasteiger partial charge in [-0.1, -0.05) is 25.0 Å². The van der Waals surface area contributed by atoms with E-state index in [1.165, 1.54) is 31.2 Å². The Labute approximate surface area is 115 Å². The van der Waals surface area contributed by atoms with Gasteiger partial charge in [-0.05, 0) is 37.5 Å². The van der Waals surface area contributed by atoms with Gasteiger partial charge in [0.25, 0.3) is 0 Å². The van der Waals surface area contributed by atoms with Gasteiger partial charge in [0.2, 0.25) is 0 Å². The van der Waals surface area contributed by atoms with Crippen LogP contribution in [-0.4, -0.2) is 29.6 Å². The topological polar surface area (TPSA) is 15.3 Å². The summed E-state index contributed by atoms with van der Waals surface area (Å²) in [6, 6.07) is 7.53. The lowest BCUT2D eigenvalue weighted by Gasteiger charge is -2.48. The molecule has 3 heteroatoms. The molecule has 1 N–H and O–H groups in total. The van der Waals surface area contributed by atoms with Crippen molar-refractivity contribution < 1.29 is 4.39 Å². The second-order valence-corrected chi connectivity index (χ2v) is 6.22. The second kappa shape index (κ2) is 5.22. The van der Waals surface area contributed by atoms with Crippen LogP contribution >= 0.6 is 0 Å². The van der Waals surface area contributed by atoms with Crippen LogP contribution in [0.15, 0.2) is 24.3 Å². The molecule has 2 nitrogen and oxygen atoms in total. The third kappa shape index (κ3) is 2.67. The lowest BCUT2D eigenvalue weighted by molar-refractivity contribution is 0.0392. The van der Waals surface area contributed by atoms with Gasteiger partial charge < -0.3 is 5.32 Å². The molecule has 1 heterocycles. The highest BCUT2D eigenvalue weighted by atomic mass is 19.1. The number of hydrogen-bond donors (Lipinski definition) is 1. The number of hydrogen-bond acceptors (Lipinski definition) is 2. The first-order valence-electron chi connectivity index (χ1n) is 7.41. The summed E-state index contributed by atoms with van der Waals surface area (Å²) in [5.41, 5.74) is 1.57. The summed E-state index contributed by atoms with van der Waals surface area (Å²) in [6.45, 7) is 5.40. The van der Waals surface area contributed by atoms with E-state index in [4.69, 9.17) is 0 Å². The van der Waals surface area contributed by atoms with Crippen molar-refractivity contribution in [2.45, 2.75) is 50.7 Å². The molecule has 1 saturated heterocycles. The van der Waals surface area contributed by atoms with Crippen LogP contribution in [0, 0.1) is 5.82 Å². The van der Waals surface area contributed by atoms with Crippen LogP contribution in [0.3, 0.4) is 0 Å². The van der Waals surface area contributed by atoms with Gasteiger partial charge >= 0.3 is 0 Å². The number of nitrogens with one attached hydrogen (secondary N) is 1. The van der Waals surface area contributed by atoms with E-state index in [1.54, 1.807) is 12.1 Å². The maximum Gasteiger partial charge on any atom is 0.123 e. The maximum atomic E-state index is 13.0. The minimum Gasteiger partial charge on any atom is -0.311 e. The third-order valence-corrected chi connectivity index (χ3v) is 4.77. The molecule has 1 aliphatic carbocycles. The summed E-state index contributed by atoms with van der Waals surface area (Å²) in [5, 5.41) is 3.64. The highest BCUT2D eigenvalue weighted by molar-refractivity contribution is 5.17. The van der Waals surface area contributed by atoms with E-state index in [9.17, 15) is 4.39 Å². The van der Waals surface area contributed by atoms with Crippen LogP contribution < -0.4 is 5.32 Å². The quantitative estimate of drug-likeness (QED) is 0.881. The SMILES string of the molecule is CC1CN(Cc2ccc(F)cc2)C2(CCCC2)CN1. The standard InChI is InChI=1S/C16H23FN2/c1-13-10-19(11-14-4-6-15(17)7-5-14)16(12-18-13)8-2-3-9-16/h4-7,13,18H,2-3,8-12H2,1H3. The Morgan fingerprint density at radius 2 is 1.95 bits per heavy atom. The normalized spacial score (nSPS) is 26.9. The van der Waals surface area contributed by atoms with Gasteiger partial charge in [0.15, 0.2) is 0 Å². The van der Waals surface area contributed by atoms with E-state index >= 15 is 0 Å². The average Bonchev–Trinajstić information content (AvgIpc) is 2.87. The van der Waals surface area contributed by atoms with Gasteiger partial charge in [-0.25, -0.2) is 4.39 Å². The monoisotopic (exact) mass is 262 g/mol. The van der Waals surface area contributed by atoms with Crippen molar-refractivity contribution in [1.29, 1.82) is 0 Å². The van der Waals surface area contributed by atoms with Crippen molar-refractivity contribution in [3.63, 3.8) is 0 Å². The first kappa shape index (κ1) is 13.1. The van der Waals surface area contributed by atoms with E-state index in [1.807, 2.05) is 12.1 Å². The molecule has 1 atom stereocenters. The second-order valence-electron chi connectivity index (χ2n) is 6.22. The first-order chi connectivity index (χ1) is 9.18. The molecule has 2 fully saturated rings. The minimum absolute atomic E-state index is 0.145. The molecule has 0 aromatic heterocycles. The van der Waals surface area contributed by atoms with Crippen molar-refractivity contribution in [3.8, 4) is 0 Å². The summed E-state index contributed by atoms with van der Waals surface area (Å²) < 4.78 is 13.0. The zero-order valence-electron chi connectivity index (χ0n) is 11.7. The molecular weight excluding hydrogens is 239 g/mol. The maximum absolute atomic E-state index is 13.0. The summed E-state index contributed by atoms with van der Waals surface area (Å²) in [4.78, 5) is 2.63. The molecular formula is C16H23FN2. The van der Waals surface area contributed by atoms with Gasteiger partial charge in [-0.2, -0.15) is 0 Å². The largest absolute Gasteiger partial charge is 0.311 e. The van der Waals surface area contributed by atoms with Crippen molar-refractivity contribution in [1.82, 2.24) is 10.2 Å². The number of nitrogens with zero attached hydrogens (tertiary/aromatic N) is 1. The van der Waals surface area contributed by atoms with Crippen LogP contribution in [0.4, 0.5) is 4.39 Å². The molecule has 1 saturated carbocycles. The Morgan fingerprint density at radius 3 is 2.63 bits per heavy atom. The van der Waals surface area contributed by atoms with Crippen molar-refractivity contribution in [3.05, 3.63) is 35.6 Å².